The highest BCUT2D eigenvalue weighted by atomic mass is 16.5. The van der Waals surface area contributed by atoms with Gasteiger partial charge in [0.15, 0.2) is 0 Å². The molecule has 0 heterocycles. The molecule has 0 aliphatic heterocycles. The van der Waals surface area contributed by atoms with Crippen molar-refractivity contribution in [2.24, 2.45) is 0 Å². The Morgan fingerprint density at radius 2 is 1.91 bits per heavy atom. The van der Waals surface area contributed by atoms with E-state index in [9.17, 15) is 4.79 Å². The van der Waals surface area contributed by atoms with Gasteiger partial charge in [-0.3, -0.25) is 0 Å². The van der Waals surface area contributed by atoms with Crippen LogP contribution < -0.4 is 4.74 Å². The van der Waals surface area contributed by atoms with E-state index in [1.807, 2.05) is 24.3 Å². The van der Waals surface area contributed by atoms with E-state index >= 15 is 0 Å². The van der Waals surface area contributed by atoms with E-state index in [0.717, 1.165) is 36.0 Å². The molecule has 0 N–H and O–H groups in total. The first kappa shape index (κ1) is 16.1. The second-order valence-electron chi connectivity index (χ2n) is 5.15. The van der Waals surface area contributed by atoms with Gasteiger partial charge in [-0.1, -0.05) is 37.6 Å². The fraction of sp³-hybridized carbons (Fsp3) is 0.316. The molecule has 0 saturated carbocycles. The van der Waals surface area contributed by atoms with Gasteiger partial charge >= 0.3 is 5.97 Å². The third-order valence-electron chi connectivity index (χ3n) is 3.75. The van der Waals surface area contributed by atoms with Gasteiger partial charge in [-0.2, -0.15) is 0 Å². The third-order valence-corrected chi connectivity index (χ3v) is 3.75. The van der Waals surface area contributed by atoms with Crippen molar-refractivity contribution >= 4 is 22.8 Å². The zero-order chi connectivity index (χ0) is 15.9. The first-order chi connectivity index (χ1) is 10.7. The predicted octanol–water partition coefficient (Wildman–Crippen LogP) is 4.38. The summed E-state index contributed by atoms with van der Waals surface area (Å²) in [5.41, 5.74) is 2.26. The summed E-state index contributed by atoms with van der Waals surface area (Å²) in [7, 11) is 3.05. The van der Waals surface area contributed by atoms with Crippen LogP contribution in [-0.4, -0.2) is 20.2 Å². The Morgan fingerprint density at radius 1 is 1.18 bits per heavy atom. The number of aryl methyl sites for hydroxylation is 1. The van der Waals surface area contributed by atoms with E-state index in [0.29, 0.717) is 0 Å². The molecule has 0 saturated heterocycles. The van der Waals surface area contributed by atoms with Gasteiger partial charge in [-0.15, -0.1) is 0 Å². The van der Waals surface area contributed by atoms with Gasteiger partial charge in [0.25, 0.3) is 0 Å². The average molecular weight is 298 g/mol. The van der Waals surface area contributed by atoms with Crippen molar-refractivity contribution in [2.45, 2.75) is 26.2 Å². The number of benzene rings is 2. The minimum atomic E-state index is -0.353. The number of hydrogen-bond acceptors (Lipinski definition) is 3. The molecule has 2 aromatic carbocycles. The summed E-state index contributed by atoms with van der Waals surface area (Å²) >= 11 is 0. The van der Waals surface area contributed by atoms with Crippen molar-refractivity contribution in [1.82, 2.24) is 0 Å². The molecular formula is C19H22O3. The van der Waals surface area contributed by atoms with Crippen molar-refractivity contribution in [2.75, 3.05) is 14.2 Å². The van der Waals surface area contributed by atoms with Gasteiger partial charge < -0.3 is 9.47 Å². The second kappa shape index (κ2) is 7.64. The Balaban J connectivity index is 2.61. The number of unbranched alkanes of at least 4 members (excludes halogenated alkanes) is 1. The topological polar surface area (TPSA) is 35.5 Å². The number of esters is 1. The highest BCUT2D eigenvalue weighted by Crippen LogP contribution is 2.33. The Labute approximate surface area is 131 Å². The predicted molar refractivity (Wildman–Crippen MR) is 90.2 cm³/mol. The molecule has 0 fully saturated rings. The van der Waals surface area contributed by atoms with Crippen molar-refractivity contribution in [3.63, 3.8) is 0 Å². The maximum Gasteiger partial charge on any atom is 0.330 e. The van der Waals surface area contributed by atoms with E-state index in [4.69, 9.17) is 4.74 Å². The van der Waals surface area contributed by atoms with E-state index in [1.54, 1.807) is 7.11 Å². The van der Waals surface area contributed by atoms with Crippen molar-refractivity contribution in [1.29, 1.82) is 0 Å². The first-order valence-electron chi connectivity index (χ1n) is 7.55. The lowest BCUT2D eigenvalue weighted by Gasteiger charge is -2.14. The monoisotopic (exact) mass is 298 g/mol. The fourth-order valence-electron chi connectivity index (χ4n) is 2.60. The minimum Gasteiger partial charge on any atom is -0.496 e. The minimum absolute atomic E-state index is 0.353. The van der Waals surface area contributed by atoms with Crippen molar-refractivity contribution in [3.05, 3.63) is 47.5 Å². The number of rotatable bonds is 6. The van der Waals surface area contributed by atoms with Crippen molar-refractivity contribution < 1.29 is 14.3 Å². The molecular weight excluding hydrogens is 276 g/mol. The molecule has 3 nitrogen and oxygen atoms in total. The number of carbonyl (C=O) groups is 1. The third kappa shape index (κ3) is 3.48. The largest absolute Gasteiger partial charge is 0.496 e. The molecule has 0 aromatic heterocycles. The quantitative estimate of drug-likeness (QED) is 0.586. The molecule has 0 spiro atoms. The highest BCUT2D eigenvalue weighted by Gasteiger charge is 2.11. The molecule has 116 valence electrons. The molecule has 22 heavy (non-hydrogen) atoms. The Hall–Kier alpha value is -2.29. The van der Waals surface area contributed by atoms with Crippen LogP contribution >= 0.6 is 0 Å². The molecule has 3 heteroatoms. The van der Waals surface area contributed by atoms with Gasteiger partial charge in [0.2, 0.25) is 0 Å². The van der Waals surface area contributed by atoms with Gasteiger partial charge in [-0.25, -0.2) is 4.79 Å². The molecule has 0 bridgehead atoms. The summed E-state index contributed by atoms with van der Waals surface area (Å²) in [6.07, 6.45) is 6.47. The highest BCUT2D eigenvalue weighted by molar-refractivity contribution is 5.95. The summed E-state index contributed by atoms with van der Waals surface area (Å²) in [6.45, 7) is 2.18. The van der Waals surface area contributed by atoms with Crippen LogP contribution in [0.25, 0.3) is 16.8 Å². The Kier molecular flexibility index (Phi) is 5.59. The van der Waals surface area contributed by atoms with E-state index < -0.39 is 0 Å². The zero-order valence-electron chi connectivity index (χ0n) is 13.4. The van der Waals surface area contributed by atoms with Gasteiger partial charge in [0.1, 0.15) is 5.75 Å². The molecule has 0 atom stereocenters. The number of carbonyl (C=O) groups excluding carboxylic acids is 1. The number of fused-ring (bicyclic) bond motifs is 1. The molecule has 0 aliphatic carbocycles. The first-order valence-corrected chi connectivity index (χ1v) is 7.55. The van der Waals surface area contributed by atoms with Crippen LogP contribution in [0.1, 0.15) is 30.9 Å². The van der Waals surface area contributed by atoms with E-state index in [-0.39, 0.29) is 5.97 Å². The molecule has 0 aliphatic rings. The number of hydrogen-bond donors (Lipinski definition) is 0. The Bertz CT molecular complexity index is 686. The maximum atomic E-state index is 11.4. The van der Waals surface area contributed by atoms with Crippen LogP contribution in [0.15, 0.2) is 36.4 Å². The SMILES string of the molecule is CCCCc1c(C=CC(=O)OC)cc(OC)c2ccccc12. The normalized spacial score (nSPS) is 11.0. The van der Waals surface area contributed by atoms with Crippen LogP contribution in [0.3, 0.4) is 0 Å². The van der Waals surface area contributed by atoms with E-state index in [1.165, 1.54) is 24.1 Å². The van der Waals surface area contributed by atoms with Gasteiger partial charge in [0, 0.05) is 11.5 Å². The lowest BCUT2D eigenvalue weighted by atomic mass is 9.94. The smallest absolute Gasteiger partial charge is 0.330 e. The lowest BCUT2D eigenvalue weighted by Crippen LogP contribution is -1.97. The van der Waals surface area contributed by atoms with Gasteiger partial charge in [-0.05, 0) is 41.5 Å². The second-order valence-corrected chi connectivity index (χ2v) is 5.15. The van der Waals surface area contributed by atoms with Crippen LogP contribution in [0.2, 0.25) is 0 Å². The fourth-order valence-corrected chi connectivity index (χ4v) is 2.60. The summed E-state index contributed by atoms with van der Waals surface area (Å²) in [5.74, 6) is 0.467. The van der Waals surface area contributed by atoms with Crippen LogP contribution in [0, 0.1) is 0 Å². The average Bonchev–Trinajstić information content (AvgIpc) is 2.57. The summed E-state index contributed by atoms with van der Waals surface area (Å²) in [4.78, 5) is 11.4. The van der Waals surface area contributed by atoms with Crippen LogP contribution in [0.4, 0.5) is 0 Å². The van der Waals surface area contributed by atoms with Crippen LogP contribution in [-0.2, 0) is 16.0 Å². The van der Waals surface area contributed by atoms with Crippen molar-refractivity contribution in [3.8, 4) is 5.75 Å². The van der Waals surface area contributed by atoms with Crippen LogP contribution in [0.5, 0.6) is 5.75 Å². The zero-order valence-corrected chi connectivity index (χ0v) is 13.4. The molecule has 0 radical (unpaired) electrons. The maximum absolute atomic E-state index is 11.4. The van der Waals surface area contributed by atoms with E-state index in [2.05, 4.69) is 23.8 Å². The van der Waals surface area contributed by atoms with Gasteiger partial charge in [0.05, 0.1) is 14.2 Å². The number of ether oxygens (including phenoxy) is 2. The molecule has 0 unspecified atom stereocenters. The number of methoxy groups -OCH3 is 2. The lowest BCUT2D eigenvalue weighted by molar-refractivity contribution is -0.134. The standard InChI is InChI=1S/C19H22O3/c1-4-5-8-15-14(11-12-19(20)22-3)13-18(21-2)17-10-7-6-9-16(15)17/h6-7,9-13H,4-5,8H2,1-3H3. The summed E-state index contributed by atoms with van der Waals surface area (Å²) < 4.78 is 10.2. The molecule has 2 rings (SSSR count). The summed E-state index contributed by atoms with van der Waals surface area (Å²) in [6, 6.07) is 10.2. The summed E-state index contributed by atoms with van der Waals surface area (Å²) in [5, 5.41) is 2.28. The molecule has 0 amide bonds. The Morgan fingerprint density at radius 3 is 2.55 bits per heavy atom. The molecule has 2 aromatic rings.